The molecule has 0 spiro atoms. The van der Waals surface area contributed by atoms with Crippen molar-refractivity contribution in [3.05, 3.63) is 53.6 Å². The number of aryl methyl sites for hydroxylation is 2. The topological polar surface area (TPSA) is 36.4 Å². The molecule has 30 heavy (non-hydrogen) atoms. The van der Waals surface area contributed by atoms with E-state index in [4.69, 9.17) is 4.98 Å². The quantitative estimate of drug-likeness (QED) is 0.382. The number of benzene rings is 2. The van der Waals surface area contributed by atoms with Crippen LogP contribution >= 0.6 is 23.1 Å². The Bertz CT molecular complexity index is 966. The minimum atomic E-state index is 0.156. The van der Waals surface area contributed by atoms with Crippen LogP contribution in [0.4, 0.5) is 5.13 Å². The highest BCUT2D eigenvalue weighted by atomic mass is 32.2. The number of fused-ring (bicyclic) bond motifs is 1. The fourth-order valence-electron chi connectivity index (χ4n) is 3.19. The normalized spacial score (nSPS) is 11.4. The van der Waals surface area contributed by atoms with Crippen molar-refractivity contribution < 1.29 is 4.79 Å². The summed E-state index contributed by atoms with van der Waals surface area (Å²) in [6, 6.07) is 14.9. The molecule has 0 N–H and O–H groups in total. The number of hydrogen-bond donors (Lipinski definition) is 0. The summed E-state index contributed by atoms with van der Waals surface area (Å²) in [5, 5.41) is 0.822. The van der Waals surface area contributed by atoms with Gasteiger partial charge in [0.05, 0.1) is 10.2 Å². The van der Waals surface area contributed by atoms with Crippen molar-refractivity contribution in [1.29, 1.82) is 0 Å². The van der Waals surface area contributed by atoms with Gasteiger partial charge in [-0.25, -0.2) is 4.98 Å². The molecule has 0 fully saturated rings. The van der Waals surface area contributed by atoms with Gasteiger partial charge in [-0.05, 0) is 70.2 Å². The summed E-state index contributed by atoms with van der Waals surface area (Å²) >= 11 is 3.36. The van der Waals surface area contributed by atoms with Gasteiger partial charge in [0.2, 0.25) is 5.91 Å². The lowest BCUT2D eigenvalue weighted by Crippen LogP contribution is -2.33. The molecule has 0 bridgehead atoms. The van der Waals surface area contributed by atoms with Crippen molar-refractivity contribution in [3.63, 3.8) is 0 Å². The molecule has 0 aliphatic carbocycles. The van der Waals surface area contributed by atoms with E-state index in [0.29, 0.717) is 13.0 Å². The Labute approximate surface area is 188 Å². The second-order valence-electron chi connectivity index (χ2n) is 7.77. The lowest BCUT2D eigenvalue weighted by molar-refractivity contribution is -0.118. The number of hydrogen-bond acceptors (Lipinski definition) is 5. The number of carbonyl (C=O) groups is 1. The first-order valence-corrected chi connectivity index (χ1v) is 12.3. The van der Waals surface area contributed by atoms with E-state index in [9.17, 15) is 4.79 Å². The molecular formula is C24H31N3OS2. The van der Waals surface area contributed by atoms with Crippen LogP contribution in [-0.2, 0) is 11.2 Å². The number of nitrogens with zero attached hydrogens (tertiary/aromatic N) is 3. The third-order valence-corrected chi connectivity index (χ3v) is 7.03. The minimum absolute atomic E-state index is 0.156. The van der Waals surface area contributed by atoms with Crippen molar-refractivity contribution >= 4 is 44.4 Å². The van der Waals surface area contributed by atoms with Crippen molar-refractivity contribution in [3.8, 4) is 0 Å². The van der Waals surface area contributed by atoms with Gasteiger partial charge < -0.3 is 4.90 Å². The molecule has 0 aliphatic heterocycles. The number of anilines is 1. The van der Waals surface area contributed by atoms with Crippen molar-refractivity contribution in [2.24, 2.45) is 0 Å². The molecule has 0 atom stereocenters. The summed E-state index contributed by atoms with van der Waals surface area (Å²) in [7, 11) is 4.13. The maximum Gasteiger partial charge on any atom is 0.229 e. The molecule has 0 saturated carbocycles. The molecule has 1 aromatic heterocycles. The van der Waals surface area contributed by atoms with Gasteiger partial charge in [0, 0.05) is 23.6 Å². The fraction of sp³-hybridized carbons (Fsp3) is 0.417. The van der Waals surface area contributed by atoms with E-state index >= 15 is 0 Å². The van der Waals surface area contributed by atoms with E-state index in [2.05, 4.69) is 75.3 Å². The highest BCUT2D eigenvalue weighted by Gasteiger charge is 2.19. The maximum absolute atomic E-state index is 13.1. The van der Waals surface area contributed by atoms with Gasteiger partial charge in [-0.15, -0.1) is 11.8 Å². The molecule has 2 aromatic carbocycles. The number of thiazole rings is 1. The molecular weight excluding hydrogens is 410 g/mol. The number of amides is 1. The van der Waals surface area contributed by atoms with E-state index in [0.717, 1.165) is 40.5 Å². The van der Waals surface area contributed by atoms with Crippen molar-refractivity contribution in [2.75, 3.05) is 37.8 Å². The maximum atomic E-state index is 13.1. The van der Waals surface area contributed by atoms with Gasteiger partial charge in [0.25, 0.3) is 0 Å². The first-order valence-electron chi connectivity index (χ1n) is 10.5. The molecule has 0 aliphatic rings. The van der Waals surface area contributed by atoms with E-state index in [1.807, 2.05) is 4.90 Å². The zero-order valence-electron chi connectivity index (χ0n) is 18.4. The Balaban J connectivity index is 1.70. The van der Waals surface area contributed by atoms with Crippen LogP contribution < -0.4 is 4.90 Å². The zero-order valence-corrected chi connectivity index (χ0v) is 20.0. The van der Waals surface area contributed by atoms with Gasteiger partial charge in [-0.2, -0.15) is 0 Å². The molecule has 1 amide bonds. The van der Waals surface area contributed by atoms with E-state index in [1.54, 1.807) is 23.1 Å². The van der Waals surface area contributed by atoms with E-state index < -0.39 is 0 Å². The van der Waals surface area contributed by atoms with Crippen LogP contribution in [0.1, 0.15) is 30.9 Å². The third-order valence-electron chi connectivity index (χ3n) is 4.97. The van der Waals surface area contributed by atoms with Crippen LogP contribution in [0.5, 0.6) is 0 Å². The number of carbonyl (C=O) groups excluding carboxylic acids is 1. The molecule has 0 radical (unpaired) electrons. The number of rotatable bonds is 10. The van der Waals surface area contributed by atoms with E-state index in [1.165, 1.54) is 16.0 Å². The SMILES string of the molecule is CCc1ccc2nc(N(CCCN(C)C)C(=O)CCSc3ccc(C)cc3)sc2c1. The van der Waals surface area contributed by atoms with Gasteiger partial charge in [-0.3, -0.25) is 9.69 Å². The number of aromatic nitrogens is 1. The van der Waals surface area contributed by atoms with Gasteiger partial charge in [0.15, 0.2) is 5.13 Å². The van der Waals surface area contributed by atoms with Crippen LogP contribution in [-0.4, -0.2) is 48.7 Å². The summed E-state index contributed by atoms with van der Waals surface area (Å²) in [5.41, 5.74) is 3.54. The summed E-state index contributed by atoms with van der Waals surface area (Å²) in [4.78, 5) is 23.2. The van der Waals surface area contributed by atoms with Gasteiger partial charge in [0.1, 0.15) is 0 Å². The number of thioether (sulfide) groups is 1. The summed E-state index contributed by atoms with van der Waals surface area (Å²) in [5.74, 6) is 0.930. The zero-order chi connectivity index (χ0) is 21.5. The third kappa shape index (κ3) is 6.30. The first-order chi connectivity index (χ1) is 14.5. The Morgan fingerprint density at radius 1 is 1.10 bits per heavy atom. The fourth-order valence-corrected chi connectivity index (χ4v) is 5.10. The van der Waals surface area contributed by atoms with Gasteiger partial charge in [-0.1, -0.05) is 42.0 Å². The average molecular weight is 442 g/mol. The standard InChI is InChI=1S/C24H31N3OS2/c1-5-19-9-12-21-22(17-19)30-24(25-21)27(15-6-14-26(3)4)23(28)13-16-29-20-10-7-18(2)8-11-20/h7-12,17H,5-6,13-16H2,1-4H3. The molecule has 1 heterocycles. The highest BCUT2D eigenvalue weighted by Crippen LogP contribution is 2.30. The summed E-state index contributed by atoms with van der Waals surface area (Å²) in [6.45, 7) is 5.90. The van der Waals surface area contributed by atoms with Crippen LogP contribution in [0.2, 0.25) is 0 Å². The first kappa shape index (κ1) is 22.8. The Hall–Kier alpha value is -1.89. The van der Waals surface area contributed by atoms with Crippen LogP contribution in [0.25, 0.3) is 10.2 Å². The summed E-state index contributed by atoms with van der Waals surface area (Å²) < 4.78 is 1.16. The summed E-state index contributed by atoms with van der Waals surface area (Å²) in [6.07, 6.45) is 2.45. The van der Waals surface area contributed by atoms with Crippen LogP contribution in [0.3, 0.4) is 0 Å². The molecule has 6 heteroatoms. The predicted molar refractivity (Wildman–Crippen MR) is 131 cm³/mol. The predicted octanol–water partition coefficient (Wildman–Crippen LogP) is 5.63. The molecule has 3 rings (SSSR count). The largest absolute Gasteiger partial charge is 0.309 e. The average Bonchev–Trinajstić information content (AvgIpc) is 3.15. The Morgan fingerprint density at radius 3 is 2.57 bits per heavy atom. The van der Waals surface area contributed by atoms with Gasteiger partial charge >= 0.3 is 0 Å². The lowest BCUT2D eigenvalue weighted by atomic mass is 10.2. The second-order valence-corrected chi connectivity index (χ2v) is 9.94. The molecule has 0 unspecified atom stereocenters. The smallest absolute Gasteiger partial charge is 0.229 e. The molecule has 160 valence electrons. The molecule has 4 nitrogen and oxygen atoms in total. The van der Waals surface area contributed by atoms with E-state index in [-0.39, 0.29) is 5.91 Å². The second kappa shape index (κ2) is 10.9. The molecule has 0 saturated heterocycles. The van der Waals surface area contributed by atoms with Crippen molar-refractivity contribution in [1.82, 2.24) is 9.88 Å². The highest BCUT2D eigenvalue weighted by molar-refractivity contribution is 7.99. The van der Waals surface area contributed by atoms with Crippen molar-refractivity contribution in [2.45, 2.75) is 38.0 Å². The van der Waals surface area contributed by atoms with Crippen LogP contribution in [0.15, 0.2) is 47.4 Å². The lowest BCUT2D eigenvalue weighted by Gasteiger charge is -2.21. The Kier molecular flexibility index (Phi) is 8.31. The minimum Gasteiger partial charge on any atom is -0.309 e. The molecule has 3 aromatic rings. The Morgan fingerprint density at radius 2 is 1.87 bits per heavy atom. The monoisotopic (exact) mass is 441 g/mol. The van der Waals surface area contributed by atoms with Crippen LogP contribution in [0, 0.1) is 6.92 Å².